The van der Waals surface area contributed by atoms with Crippen LogP contribution in [0.15, 0.2) is 0 Å². The summed E-state index contributed by atoms with van der Waals surface area (Å²) in [5.41, 5.74) is 0. The number of carbonyl (C=O) groups is 3. The molecule has 0 saturated carbocycles. The predicted octanol–water partition coefficient (Wildman–Crippen LogP) is 18.6. The van der Waals surface area contributed by atoms with Crippen LogP contribution in [0.2, 0.25) is 0 Å². The maximum Gasteiger partial charge on any atom is 0.306 e. The molecule has 0 amide bonds. The number of ether oxygens (including phenoxy) is 3. The van der Waals surface area contributed by atoms with Crippen molar-refractivity contribution in [2.24, 2.45) is 5.92 Å². The molecule has 0 radical (unpaired) electrons. The minimum Gasteiger partial charge on any atom is -0.462 e. The monoisotopic (exact) mass is 891 g/mol. The van der Waals surface area contributed by atoms with Crippen molar-refractivity contribution in [1.29, 1.82) is 0 Å². The summed E-state index contributed by atoms with van der Waals surface area (Å²) in [5.74, 6) is 0.00732. The molecule has 0 fully saturated rings. The van der Waals surface area contributed by atoms with Crippen LogP contribution < -0.4 is 0 Å². The van der Waals surface area contributed by atoms with E-state index in [1.807, 2.05) is 0 Å². The largest absolute Gasteiger partial charge is 0.462 e. The van der Waals surface area contributed by atoms with E-state index in [4.69, 9.17) is 14.2 Å². The first-order valence-corrected chi connectivity index (χ1v) is 28.4. The Labute approximate surface area is 393 Å². The highest BCUT2D eigenvalue weighted by molar-refractivity contribution is 5.71. The fraction of sp³-hybridized carbons (Fsp3) is 0.947. The fourth-order valence-corrected chi connectivity index (χ4v) is 8.75. The van der Waals surface area contributed by atoms with Crippen molar-refractivity contribution >= 4 is 17.9 Å². The average molecular weight is 892 g/mol. The van der Waals surface area contributed by atoms with Crippen molar-refractivity contribution in [1.82, 2.24) is 0 Å². The van der Waals surface area contributed by atoms with Crippen molar-refractivity contribution in [2.45, 2.75) is 329 Å². The maximum absolute atomic E-state index is 12.8. The van der Waals surface area contributed by atoms with Gasteiger partial charge in [-0.05, 0) is 25.2 Å². The minimum atomic E-state index is -0.761. The number of unbranched alkanes of at least 4 members (excludes halogenated alkanes) is 39. The van der Waals surface area contributed by atoms with E-state index in [0.717, 1.165) is 63.7 Å². The quantitative estimate of drug-likeness (QED) is 0.0344. The Morgan fingerprint density at radius 1 is 0.302 bits per heavy atom. The molecule has 63 heavy (non-hydrogen) atoms. The van der Waals surface area contributed by atoms with E-state index >= 15 is 0 Å². The second kappa shape index (κ2) is 51.4. The van der Waals surface area contributed by atoms with Gasteiger partial charge in [0.05, 0.1) is 0 Å². The van der Waals surface area contributed by atoms with Crippen LogP contribution in [0.1, 0.15) is 323 Å². The lowest BCUT2D eigenvalue weighted by molar-refractivity contribution is -0.167. The van der Waals surface area contributed by atoms with E-state index in [1.165, 1.54) is 218 Å². The summed E-state index contributed by atoms with van der Waals surface area (Å²) >= 11 is 0. The van der Waals surface area contributed by atoms with Gasteiger partial charge in [0.25, 0.3) is 0 Å². The molecule has 0 aliphatic heterocycles. The first-order valence-electron chi connectivity index (χ1n) is 28.4. The highest BCUT2D eigenvalue weighted by atomic mass is 16.6. The molecule has 0 rings (SSSR count). The average Bonchev–Trinajstić information content (AvgIpc) is 3.27. The van der Waals surface area contributed by atoms with Crippen LogP contribution in [-0.2, 0) is 28.6 Å². The zero-order valence-electron chi connectivity index (χ0n) is 43.0. The minimum absolute atomic E-state index is 0.0619. The molecule has 0 aliphatic carbocycles. The van der Waals surface area contributed by atoms with Gasteiger partial charge in [-0.15, -0.1) is 0 Å². The molecule has 0 N–H and O–H groups in total. The molecular formula is C57H110O6. The number of esters is 3. The third kappa shape index (κ3) is 51.3. The standard InChI is InChI=1S/C57H110O6/c1-5-7-9-11-13-15-17-19-20-25-29-33-37-41-45-49-56(59)62-52-54(51-61-55(58)48-44-40-36-32-28-23-18-16-14-12-10-8-6-2)63-57(60)50-46-42-38-34-30-26-22-21-24-27-31-35-39-43-47-53(3)4/h53-54H,5-52H2,1-4H3/t54-/m1/s1. The van der Waals surface area contributed by atoms with Crippen molar-refractivity contribution in [2.75, 3.05) is 13.2 Å². The highest BCUT2D eigenvalue weighted by Crippen LogP contribution is 2.18. The zero-order valence-corrected chi connectivity index (χ0v) is 43.0. The topological polar surface area (TPSA) is 78.9 Å². The summed E-state index contributed by atoms with van der Waals surface area (Å²) in [7, 11) is 0. The molecule has 6 nitrogen and oxygen atoms in total. The SMILES string of the molecule is CCCCCCCCCCCCCCCCCC(=O)OC[C@@H](COC(=O)CCCCCCCCCCCCCCC)OC(=O)CCCCCCCCCCCCCCCCC(C)C. The van der Waals surface area contributed by atoms with Crippen molar-refractivity contribution in [3.8, 4) is 0 Å². The van der Waals surface area contributed by atoms with E-state index in [9.17, 15) is 14.4 Å². The summed E-state index contributed by atoms with van der Waals surface area (Å²) < 4.78 is 16.9. The Morgan fingerprint density at radius 2 is 0.524 bits per heavy atom. The number of hydrogen-bond acceptors (Lipinski definition) is 6. The van der Waals surface area contributed by atoms with Crippen molar-refractivity contribution in [3.05, 3.63) is 0 Å². The van der Waals surface area contributed by atoms with Gasteiger partial charge in [0.15, 0.2) is 6.10 Å². The maximum atomic E-state index is 12.8. The van der Waals surface area contributed by atoms with E-state index in [1.54, 1.807) is 0 Å². The van der Waals surface area contributed by atoms with Crippen molar-refractivity contribution < 1.29 is 28.6 Å². The Bertz CT molecular complexity index is 949. The second-order valence-corrected chi connectivity index (χ2v) is 20.1. The summed E-state index contributed by atoms with van der Waals surface area (Å²) in [6.07, 6.45) is 55.1. The Morgan fingerprint density at radius 3 is 0.778 bits per heavy atom. The molecular weight excluding hydrogens is 781 g/mol. The van der Waals surface area contributed by atoms with Gasteiger partial charge in [0.2, 0.25) is 0 Å². The Hall–Kier alpha value is -1.59. The lowest BCUT2D eigenvalue weighted by atomic mass is 10.0. The first kappa shape index (κ1) is 61.4. The molecule has 0 spiro atoms. The highest BCUT2D eigenvalue weighted by Gasteiger charge is 2.19. The normalized spacial score (nSPS) is 12.0. The lowest BCUT2D eigenvalue weighted by Gasteiger charge is -2.18. The Kier molecular flexibility index (Phi) is 50.1. The molecule has 1 atom stereocenters. The molecule has 0 saturated heterocycles. The molecule has 374 valence electrons. The summed E-state index contributed by atoms with van der Waals surface area (Å²) in [5, 5.41) is 0. The zero-order chi connectivity index (χ0) is 45.9. The number of hydrogen-bond donors (Lipinski definition) is 0. The van der Waals surface area contributed by atoms with Gasteiger partial charge in [-0.2, -0.15) is 0 Å². The summed E-state index contributed by atoms with van der Waals surface area (Å²) in [6.45, 7) is 9.06. The van der Waals surface area contributed by atoms with Gasteiger partial charge in [-0.25, -0.2) is 0 Å². The first-order chi connectivity index (χ1) is 30.9. The third-order valence-electron chi connectivity index (χ3n) is 13.0. The molecule has 0 bridgehead atoms. The van der Waals surface area contributed by atoms with E-state index in [0.29, 0.717) is 19.3 Å². The molecule has 0 aromatic heterocycles. The van der Waals surface area contributed by atoms with E-state index < -0.39 is 6.10 Å². The summed E-state index contributed by atoms with van der Waals surface area (Å²) in [6, 6.07) is 0. The van der Waals surface area contributed by atoms with E-state index in [-0.39, 0.29) is 31.1 Å². The molecule has 0 heterocycles. The smallest absolute Gasteiger partial charge is 0.306 e. The van der Waals surface area contributed by atoms with Crippen LogP contribution in [-0.4, -0.2) is 37.2 Å². The van der Waals surface area contributed by atoms with Crippen LogP contribution in [0.4, 0.5) is 0 Å². The second-order valence-electron chi connectivity index (χ2n) is 20.1. The fourth-order valence-electron chi connectivity index (χ4n) is 8.75. The number of carbonyl (C=O) groups excluding carboxylic acids is 3. The van der Waals surface area contributed by atoms with Crippen LogP contribution in [0.25, 0.3) is 0 Å². The van der Waals surface area contributed by atoms with Crippen LogP contribution in [0.5, 0.6) is 0 Å². The molecule has 0 aliphatic rings. The van der Waals surface area contributed by atoms with Gasteiger partial charge >= 0.3 is 17.9 Å². The van der Waals surface area contributed by atoms with Gasteiger partial charge in [0.1, 0.15) is 13.2 Å². The van der Waals surface area contributed by atoms with Crippen LogP contribution in [0, 0.1) is 5.92 Å². The Balaban J connectivity index is 4.29. The van der Waals surface area contributed by atoms with Gasteiger partial charge in [-0.1, -0.05) is 285 Å². The lowest BCUT2D eigenvalue weighted by Crippen LogP contribution is -2.30. The molecule has 0 unspecified atom stereocenters. The molecule has 6 heteroatoms. The van der Waals surface area contributed by atoms with Crippen LogP contribution >= 0.6 is 0 Å². The third-order valence-corrected chi connectivity index (χ3v) is 13.0. The van der Waals surface area contributed by atoms with Crippen LogP contribution in [0.3, 0.4) is 0 Å². The van der Waals surface area contributed by atoms with Crippen molar-refractivity contribution in [3.63, 3.8) is 0 Å². The predicted molar refractivity (Wildman–Crippen MR) is 270 cm³/mol. The molecule has 0 aromatic carbocycles. The van der Waals surface area contributed by atoms with Gasteiger partial charge in [-0.3, -0.25) is 14.4 Å². The van der Waals surface area contributed by atoms with Gasteiger partial charge in [0, 0.05) is 19.3 Å². The number of rotatable bonds is 52. The summed E-state index contributed by atoms with van der Waals surface area (Å²) in [4.78, 5) is 38.1. The van der Waals surface area contributed by atoms with Gasteiger partial charge < -0.3 is 14.2 Å². The van der Waals surface area contributed by atoms with E-state index in [2.05, 4.69) is 27.7 Å². The molecule has 0 aromatic rings.